The number of aromatic nitrogens is 1. The highest BCUT2D eigenvalue weighted by Gasteiger charge is 2.34. The van der Waals surface area contributed by atoms with Crippen molar-refractivity contribution in [1.29, 1.82) is 0 Å². The number of piperidine rings is 1. The smallest absolute Gasteiger partial charge is 0.337 e. The molecule has 3 aromatic rings. The van der Waals surface area contributed by atoms with Crippen molar-refractivity contribution in [3.8, 4) is 0 Å². The number of halogens is 2. The average molecular weight is 441 g/mol. The molecule has 0 aliphatic carbocycles. The number of alkyl halides is 2. The van der Waals surface area contributed by atoms with Gasteiger partial charge >= 0.3 is 5.97 Å². The molecule has 2 N–H and O–H groups in total. The van der Waals surface area contributed by atoms with Crippen molar-refractivity contribution >= 4 is 22.9 Å². The molecule has 0 bridgehead atoms. The summed E-state index contributed by atoms with van der Waals surface area (Å²) < 4.78 is 28.7. The summed E-state index contributed by atoms with van der Waals surface area (Å²) in [7, 11) is 0. The Balaban J connectivity index is 1.75. The Morgan fingerprint density at radius 2 is 1.84 bits per heavy atom. The van der Waals surface area contributed by atoms with E-state index in [1.165, 1.54) is 12.1 Å². The minimum absolute atomic E-state index is 0.156. The molecule has 0 unspecified atom stereocenters. The van der Waals surface area contributed by atoms with Gasteiger partial charge in [-0.1, -0.05) is 18.2 Å². The third-order valence-electron chi connectivity index (χ3n) is 5.92. The summed E-state index contributed by atoms with van der Waals surface area (Å²) in [6.07, 6.45) is 1.27. The van der Waals surface area contributed by atoms with Gasteiger partial charge in [0.05, 0.1) is 17.1 Å². The molecule has 2 aromatic heterocycles. The number of fused-ring (bicyclic) bond motifs is 1. The number of para-hydroxylation sites is 1. The Morgan fingerprint density at radius 1 is 1.16 bits per heavy atom. The largest absolute Gasteiger partial charge is 0.478 e. The SMILES string of the molecule is Cc1cc([C@@H](C)Nc2ccccc2C(=O)O)c2cc(N3CCC(F)(F)CC3)cc(=O)n2c1. The van der Waals surface area contributed by atoms with Gasteiger partial charge in [0.2, 0.25) is 0 Å². The number of anilines is 2. The number of hydrogen-bond acceptors (Lipinski definition) is 4. The molecule has 1 aromatic carbocycles. The second kappa shape index (κ2) is 8.26. The van der Waals surface area contributed by atoms with Crippen molar-refractivity contribution in [3.05, 3.63) is 75.7 Å². The summed E-state index contributed by atoms with van der Waals surface area (Å²) in [5.41, 5.74) is 3.36. The first-order valence-corrected chi connectivity index (χ1v) is 10.5. The number of benzene rings is 1. The van der Waals surface area contributed by atoms with E-state index in [0.717, 1.165) is 11.1 Å². The molecule has 1 atom stereocenters. The number of carboxylic acid groups (broad SMARTS) is 1. The molecule has 1 aliphatic rings. The molecule has 1 saturated heterocycles. The zero-order chi connectivity index (χ0) is 23.0. The molecule has 8 heteroatoms. The maximum absolute atomic E-state index is 13.6. The topological polar surface area (TPSA) is 74.0 Å². The third kappa shape index (κ3) is 4.30. The lowest BCUT2D eigenvalue weighted by molar-refractivity contribution is -0.0220. The van der Waals surface area contributed by atoms with Crippen LogP contribution in [0, 0.1) is 6.92 Å². The van der Waals surface area contributed by atoms with Crippen LogP contribution in [0.25, 0.3) is 5.52 Å². The summed E-state index contributed by atoms with van der Waals surface area (Å²) in [4.78, 5) is 26.3. The number of rotatable bonds is 5. The molecule has 6 nitrogen and oxygen atoms in total. The van der Waals surface area contributed by atoms with Crippen LogP contribution >= 0.6 is 0 Å². The van der Waals surface area contributed by atoms with Gasteiger partial charge < -0.3 is 15.3 Å². The fourth-order valence-corrected chi connectivity index (χ4v) is 4.21. The fraction of sp³-hybridized carbons (Fsp3) is 0.333. The maximum Gasteiger partial charge on any atom is 0.337 e. The average Bonchev–Trinajstić information content (AvgIpc) is 2.74. The minimum Gasteiger partial charge on any atom is -0.478 e. The lowest BCUT2D eigenvalue weighted by atomic mass is 10.0. The number of hydrogen-bond donors (Lipinski definition) is 2. The van der Waals surface area contributed by atoms with E-state index >= 15 is 0 Å². The predicted molar refractivity (Wildman–Crippen MR) is 120 cm³/mol. The quantitative estimate of drug-likeness (QED) is 0.600. The molecule has 4 rings (SSSR count). The second-order valence-electron chi connectivity index (χ2n) is 8.34. The third-order valence-corrected chi connectivity index (χ3v) is 5.92. The molecule has 0 radical (unpaired) electrons. The second-order valence-corrected chi connectivity index (χ2v) is 8.34. The zero-order valence-electron chi connectivity index (χ0n) is 17.9. The number of carbonyl (C=O) groups is 1. The number of aromatic carboxylic acids is 1. The van der Waals surface area contributed by atoms with E-state index in [1.54, 1.807) is 28.8 Å². The number of carboxylic acids is 1. The van der Waals surface area contributed by atoms with Crippen LogP contribution in [0.1, 0.15) is 47.3 Å². The van der Waals surface area contributed by atoms with Gasteiger partial charge in [-0.2, -0.15) is 0 Å². The van der Waals surface area contributed by atoms with Crippen molar-refractivity contribution in [1.82, 2.24) is 4.40 Å². The van der Waals surface area contributed by atoms with Crippen LogP contribution < -0.4 is 15.8 Å². The normalized spacial score (nSPS) is 16.7. The van der Waals surface area contributed by atoms with Gasteiger partial charge in [0.15, 0.2) is 0 Å². The van der Waals surface area contributed by atoms with Crippen molar-refractivity contribution in [2.45, 2.75) is 38.7 Å². The molecular formula is C24H25F2N3O3. The Bertz CT molecular complexity index is 1230. The highest BCUT2D eigenvalue weighted by atomic mass is 19.3. The Labute approximate surface area is 184 Å². The summed E-state index contributed by atoms with van der Waals surface area (Å²) in [5.74, 6) is -3.70. The Kier molecular flexibility index (Phi) is 5.62. The van der Waals surface area contributed by atoms with Crippen LogP contribution in [0.2, 0.25) is 0 Å². The molecule has 3 heterocycles. The molecule has 1 aliphatic heterocycles. The van der Waals surface area contributed by atoms with E-state index in [-0.39, 0.29) is 43.1 Å². The van der Waals surface area contributed by atoms with E-state index in [4.69, 9.17) is 0 Å². The summed E-state index contributed by atoms with van der Waals surface area (Å²) in [6, 6.07) is 11.6. The van der Waals surface area contributed by atoms with Crippen molar-refractivity contribution in [3.63, 3.8) is 0 Å². The van der Waals surface area contributed by atoms with Crippen LogP contribution in [-0.4, -0.2) is 34.5 Å². The van der Waals surface area contributed by atoms with E-state index in [9.17, 15) is 23.5 Å². The number of pyridine rings is 2. The van der Waals surface area contributed by atoms with Crippen LogP contribution in [0.15, 0.2) is 53.5 Å². The minimum atomic E-state index is -2.67. The standard InChI is InChI=1S/C24H25F2N3O3/c1-15-11-19(16(2)27-20-6-4-3-5-18(20)23(31)32)21-12-17(13-22(30)29(21)14-15)28-9-7-24(25,26)8-10-28/h3-6,11-14,16,27H,7-10H2,1-2H3,(H,31,32)/t16-/m1/s1. The van der Waals surface area contributed by atoms with Crippen molar-refractivity contribution in [2.75, 3.05) is 23.3 Å². The van der Waals surface area contributed by atoms with Gasteiger partial charge in [0, 0.05) is 49.6 Å². The Hall–Kier alpha value is -3.42. The van der Waals surface area contributed by atoms with Gasteiger partial charge in [0.1, 0.15) is 0 Å². The maximum atomic E-state index is 13.6. The molecule has 0 amide bonds. The zero-order valence-corrected chi connectivity index (χ0v) is 17.9. The van der Waals surface area contributed by atoms with Gasteiger partial charge in [-0.05, 0) is 43.2 Å². The molecule has 0 spiro atoms. The number of aryl methyl sites for hydroxylation is 1. The monoisotopic (exact) mass is 441 g/mol. The summed E-state index contributed by atoms with van der Waals surface area (Å²) in [6.45, 7) is 4.15. The highest BCUT2D eigenvalue weighted by Crippen LogP contribution is 2.32. The molecule has 0 saturated carbocycles. The van der Waals surface area contributed by atoms with Crippen LogP contribution in [0.5, 0.6) is 0 Å². The van der Waals surface area contributed by atoms with Crippen LogP contribution in [0.4, 0.5) is 20.2 Å². The van der Waals surface area contributed by atoms with Gasteiger partial charge in [-0.3, -0.25) is 9.20 Å². The van der Waals surface area contributed by atoms with Crippen molar-refractivity contribution < 1.29 is 18.7 Å². The van der Waals surface area contributed by atoms with Crippen LogP contribution in [-0.2, 0) is 0 Å². The first-order chi connectivity index (χ1) is 15.1. The molecule has 32 heavy (non-hydrogen) atoms. The number of nitrogens with one attached hydrogen (secondary N) is 1. The molecule has 1 fully saturated rings. The fourth-order valence-electron chi connectivity index (χ4n) is 4.21. The van der Waals surface area contributed by atoms with Gasteiger partial charge in [0.25, 0.3) is 11.5 Å². The van der Waals surface area contributed by atoms with Crippen LogP contribution in [0.3, 0.4) is 0 Å². The van der Waals surface area contributed by atoms with Crippen molar-refractivity contribution in [2.24, 2.45) is 0 Å². The first kappa shape index (κ1) is 21.8. The van der Waals surface area contributed by atoms with E-state index in [0.29, 0.717) is 16.9 Å². The number of nitrogens with zero attached hydrogens (tertiary/aromatic N) is 2. The van der Waals surface area contributed by atoms with E-state index in [2.05, 4.69) is 5.32 Å². The molecule has 168 valence electrons. The predicted octanol–water partition coefficient (Wildman–Crippen LogP) is 4.71. The van der Waals surface area contributed by atoms with Gasteiger partial charge in [-0.25, -0.2) is 13.6 Å². The summed E-state index contributed by atoms with van der Waals surface area (Å²) >= 11 is 0. The summed E-state index contributed by atoms with van der Waals surface area (Å²) in [5, 5.41) is 12.7. The lowest BCUT2D eigenvalue weighted by Gasteiger charge is -2.33. The highest BCUT2D eigenvalue weighted by molar-refractivity contribution is 5.94. The molecular weight excluding hydrogens is 416 g/mol. The van der Waals surface area contributed by atoms with E-state index < -0.39 is 11.9 Å². The Morgan fingerprint density at radius 3 is 2.53 bits per heavy atom. The van der Waals surface area contributed by atoms with E-state index in [1.807, 2.05) is 30.9 Å². The first-order valence-electron chi connectivity index (χ1n) is 10.5. The lowest BCUT2D eigenvalue weighted by Crippen LogP contribution is -2.39. The van der Waals surface area contributed by atoms with Gasteiger partial charge in [-0.15, -0.1) is 0 Å².